The van der Waals surface area contributed by atoms with E-state index in [4.69, 9.17) is 9.97 Å². The Morgan fingerprint density at radius 2 is 1.90 bits per heavy atom. The smallest absolute Gasteiger partial charge is 0.137 e. The number of nitrogens with one attached hydrogen (secondary N) is 1. The molecule has 0 saturated heterocycles. The number of aromatic nitrogens is 2. The molecular weight excluding hydrogens is 248 g/mol. The van der Waals surface area contributed by atoms with Gasteiger partial charge in [0.2, 0.25) is 0 Å². The lowest BCUT2D eigenvalue weighted by Gasteiger charge is -2.26. The maximum absolute atomic E-state index is 4.93. The van der Waals surface area contributed by atoms with Crippen molar-refractivity contribution in [3.05, 3.63) is 11.4 Å². The van der Waals surface area contributed by atoms with Gasteiger partial charge in [-0.3, -0.25) is 0 Å². The van der Waals surface area contributed by atoms with E-state index in [0.717, 1.165) is 24.7 Å². The van der Waals surface area contributed by atoms with Crippen LogP contribution in [0, 0.1) is 6.92 Å². The number of hydrogen-bond acceptors (Lipinski definition) is 4. The molecule has 0 aliphatic heterocycles. The predicted octanol–water partition coefficient (Wildman–Crippen LogP) is 3.47. The standard InChI is InChI=1S/C16H26N4/c1-4-10-20(13-8-9-13)16-11(3)14(17-5-2)18-15(19-16)12-6-7-12/h12-13H,4-10H2,1-3H3,(H,17,18,19). The monoisotopic (exact) mass is 274 g/mol. The highest BCUT2D eigenvalue weighted by molar-refractivity contribution is 5.60. The van der Waals surface area contributed by atoms with Gasteiger partial charge in [-0.25, -0.2) is 9.97 Å². The fourth-order valence-electron chi connectivity index (χ4n) is 2.75. The van der Waals surface area contributed by atoms with Gasteiger partial charge in [0.15, 0.2) is 0 Å². The summed E-state index contributed by atoms with van der Waals surface area (Å²) in [5, 5.41) is 3.42. The van der Waals surface area contributed by atoms with Crippen LogP contribution in [0.15, 0.2) is 0 Å². The quantitative estimate of drug-likeness (QED) is 0.826. The summed E-state index contributed by atoms with van der Waals surface area (Å²) in [6.07, 6.45) is 6.32. The van der Waals surface area contributed by atoms with Crippen molar-refractivity contribution < 1.29 is 0 Å². The Kier molecular flexibility index (Phi) is 3.81. The van der Waals surface area contributed by atoms with Gasteiger partial charge in [-0.2, -0.15) is 0 Å². The third kappa shape index (κ3) is 2.74. The number of rotatable bonds is 7. The van der Waals surface area contributed by atoms with Crippen molar-refractivity contribution in [3.63, 3.8) is 0 Å². The molecule has 0 atom stereocenters. The van der Waals surface area contributed by atoms with Gasteiger partial charge >= 0.3 is 0 Å². The van der Waals surface area contributed by atoms with Gasteiger partial charge in [0, 0.05) is 30.6 Å². The van der Waals surface area contributed by atoms with E-state index >= 15 is 0 Å². The molecule has 4 heteroatoms. The van der Waals surface area contributed by atoms with Crippen LogP contribution >= 0.6 is 0 Å². The Bertz CT molecular complexity index is 478. The third-order valence-electron chi connectivity index (χ3n) is 4.15. The van der Waals surface area contributed by atoms with Gasteiger partial charge in [0.1, 0.15) is 17.5 Å². The molecule has 0 aromatic carbocycles. The normalized spacial score (nSPS) is 18.1. The van der Waals surface area contributed by atoms with Crippen molar-refractivity contribution in [2.45, 2.75) is 64.8 Å². The Morgan fingerprint density at radius 1 is 1.15 bits per heavy atom. The zero-order valence-electron chi connectivity index (χ0n) is 12.9. The first-order valence-electron chi connectivity index (χ1n) is 8.13. The Labute approximate surface area is 122 Å². The number of nitrogens with zero attached hydrogens (tertiary/aromatic N) is 3. The van der Waals surface area contributed by atoms with Crippen LogP contribution in [0.25, 0.3) is 0 Å². The molecule has 4 nitrogen and oxygen atoms in total. The lowest BCUT2D eigenvalue weighted by Crippen LogP contribution is -2.29. The van der Waals surface area contributed by atoms with Crippen molar-refractivity contribution >= 4 is 11.6 Å². The molecule has 0 unspecified atom stereocenters. The van der Waals surface area contributed by atoms with Gasteiger partial charge < -0.3 is 10.2 Å². The second kappa shape index (κ2) is 5.58. The third-order valence-corrected chi connectivity index (χ3v) is 4.15. The molecule has 1 aromatic heterocycles. The molecule has 1 heterocycles. The van der Waals surface area contributed by atoms with Crippen LogP contribution in [0.2, 0.25) is 0 Å². The van der Waals surface area contributed by atoms with Crippen molar-refractivity contribution in [3.8, 4) is 0 Å². The van der Waals surface area contributed by atoms with Crippen LogP contribution in [-0.4, -0.2) is 29.1 Å². The molecule has 0 amide bonds. The van der Waals surface area contributed by atoms with Crippen molar-refractivity contribution in [2.75, 3.05) is 23.3 Å². The molecule has 2 saturated carbocycles. The Balaban J connectivity index is 1.97. The van der Waals surface area contributed by atoms with Crippen molar-refractivity contribution in [1.82, 2.24) is 9.97 Å². The first-order valence-corrected chi connectivity index (χ1v) is 8.13. The summed E-state index contributed by atoms with van der Waals surface area (Å²) in [4.78, 5) is 12.2. The summed E-state index contributed by atoms with van der Waals surface area (Å²) in [6, 6.07) is 0.713. The molecule has 20 heavy (non-hydrogen) atoms. The average molecular weight is 274 g/mol. The van der Waals surface area contributed by atoms with Gasteiger partial charge in [0.05, 0.1) is 0 Å². The molecule has 2 aliphatic carbocycles. The second-order valence-corrected chi connectivity index (χ2v) is 6.11. The first kappa shape index (κ1) is 13.7. The molecule has 2 fully saturated rings. The lowest BCUT2D eigenvalue weighted by molar-refractivity contribution is 0.737. The minimum atomic E-state index is 0.606. The summed E-state index contributed by atoms with van der Waals surface area (Å²) in [6.45, 7) is 8.56. The van der Waals surface area contributed by atoms with E-state index in [9.17, 15) is 0 Å². The van der Waals surface area contributed by atoms with Gasteiger partial charge in [-0.1, -0.05) is 6.92 Å². The topological polar surface area (TPSA) is 41.1 Å². The average Bonchev–Trinajstić information content (AvgIpc) is 3.29. The molecule has 0 bridgehead atoms. The minimum Gasteiger partial charge on any atom is -0.370 e. The highest BCUT2D eigenvalue weighted by Crippen LogP contribution is 2.41. The molecule has 3 rings (SSSR count). The summed E-state index contributed by atoms with van der Waals surface area (Å²) in [7, 11) is 0. The van der Waals surface area contributed by atoms with Gasteiger partial charge in [0.25, 0.3) is 0 Å². The zero-order chi connectivity index (χ0) is 14.1. The molecule has 2 aliphatic rings. The summed E-state index contributed by atoms with van der Waals surface area (Å²) in [5.41, 5.74) is 1.22. The highest BCUT2D eigenvalue weighted by atomic mass is 15.3. The van der Waals surface area contributed by atoms with Crippen LogP contribution in [0.4, 0.5) is 11.6 Å². The zero-order valence-corrected chi connectivity index (χ0v) is 12.9. The molecule has 1 aromatic rings. The molecule has 0 radical (unpaired) electrons. The largest absolute Gasteiger partial charge is 0.370 e. The highest BCUT2D eigenvalue weighted by Gasteiger charge is 2.33. The predicted molar refractivity (Wildman–Crippen MR) is 83.6 cm³/mol. The first-order chi connectivity index (χ1) is 9.74. The van der Waals surface area contributed by atoms with Gasteiger partial charge in [-0.05, 0) is 46.0 Å². The maximum atomic E-state index is 4.93. The lowest BCUT2D eigenvalue weighted by atomic mass is 10.2. The SMILES string of the molecule is CCCN(c1nc(C2CC2)nc(NCC)c1C)C1CC1. The van der Waals surface area contributed by atoms with Gasteiger partial charge in [-0.15, -0.1) is 0 Å². The molecule has 1 N–H and O–H groups in total. The fraction of sp³-hybridized carbons (Fsp3) is 0.750. The Morgan fingerprint density at radius 3 is 2.45 bits per heavy atom. The number of anilines is 2. The van der Waals surface area contributed by atoms with E-state index in [-0.39, 0.29) is 0 Å². The van der Waals surface area contributed by atoms with Crippen LogP contribution in [-0.2, 0) is 0 Å². The maximum Gasteiger partial charge on any atom is 0.137 e. The minimum absolute atomic E-state index is 0.606. The second-order valence-electron chi connectivity index (χ2n) is 6.11. The van der Waals surface area contributed by atoms with Crippen LogP contribution in [0.3, 0.4) is 0 Å². The number of hydrogen-bond donors (Lipinski definition) is 1. The van der Waals surface area contributed by atoms with Crippen molar-refractivity contribution in [1.29, 1.82) is 0 Å². The van der Waals surface area contributed by atoms with Crippen molar-refractivity contribution in [2.24, 2.45) is 0 Å². The van der Waals surface area contributed by atoms with E-state index in [1.54, 1.807) is 0 Å². The van der Waals surface area contributed by atoms with Crippen LogP contribution < -0.4 is 10.2 Å². The van der Waals surface area contributed by atoms with E-state index < -0.39 is 0 Å². The summed E-state index contributed by atoms with van der Waals surface area (Å²) < 4.78 is 0. The van der Waals surface area contributed by atoms with E-state index in [2.05, 4.69) is 31.0 Å². The van der Waals surface area contributed by atoms with E-state index in [1.807, 2.05) is 0 Å². The summed E-state index contributed by atoms with van der Waals surface area (Å²) >= 11 is 0. The fourth-order valence-corrected chi connectivity index (χ4v) is 2.75. The van der Waals surface area contributed by atoms with Crippen LogP contribution in [0.5, 0.6) is 0 Å². The Hall–Kier alpha value is -1.32. The summed E-state index contributed by atoms with van der Waals surface area (Å²) in [5.74, 6) is 3.89. The molecule has 110 valence electrons. The van der Waals surface area contributed by atoms with E-state index in [0.29, 0.717) is 12.0 Å². The molecular formula is C16H26N4. The molecule has 0 spiro atoms. The van der Waals surface area contributed by atoms with E-state index in [1.165, 1.54) is 43.5 Å². The van der Waals surface area contributed by atoms with Crippen LogP contribution in [0.1, 0.15) is 63.3 Å².